The zero-order valence-electron chi connectivity index (χ0n) is 26.4. The Morgan fingerprint density at radius 3 is 1.77 bits per heavy atom. The van der Waals surface area contributed by atoms with Crippen molar-refractivity contribution in [3.8, 4) is 0 Å². The number of esters is 2. The number of halogens is 1. The summed E-state index contributed by atoms with van der Waals surface area (Å²) in [6.07, 6.45) is -0.0839. The number of ether oxygens (including phenoxy) is 2. The van der Waals surface area contributed by atoms with Crippen LogP contribution in [0.1, 0.15) is 26.7 Å². The Bertz CT molecular complexity index is 1420. The summed E-state index contributed by atoms with van der Waals surface area (Å²) in [6.45, 7) is 3.19. The molecule has 0 radical (unpaired) electrons. The topological polar surface area (TPSA) is 154 Å². The Hall–Kier alpha value is -3.57. The maximum atomic E-state index is 14.1. The van der Waals surface area contributed by atoms with Gasteiger partial charge in [-0.25, -0.2) is 0 Å². The van der Waals surface area contributed by atoms with E-state index in [1.807, 2.05) is 91.0 Å². The number of hydrogen-bond donors (Lipinski definition) is 3. The van der Waals surface area contributed by atoms with Gasteiger partial charge < -0.3 is 0 Å². The van der Waals surface area contributed by atoms with E-state index < -0.39 is 47.7 Å². The average molecular weight is 747 g/mol. The second-order valence-corrected chi connectivity index (χ2v) is 20.6. The summed E-state index contributed by atoms with van der Waals surface area (Å²) < 4.78 is 9.78. The average Bonchev–Trinajstić information content (AvgIpc) is 3.09. The summed E-state index contributed by atoms with van der Waals surface area (Å²) in [5.41, 5.74) is 5.83. The molecule has 2 atom stereocenters. The molecular weight excluding hydrogens is 705 g/mol. The molecule has 0 bridgehead atoms. The monoisotopic (exact) mass is 745 g/mol. The van der Waals surface area contributed by atoms with E-state index in [4.69, 9.17) is 15.2 Å². The van der Waals surface area contributed by atoms with Crippen LogP contribution in [0.15, 0.2) is 91.0 Å². The van der Waals surface area contributed by atoms with Crippen LogP contribution in [0.2, 0.25) is 0 Å². The van der Waals surface area contributed by atoms with Gasteiger partial charge in [-0.1, -0.05) is 0 Å². The van der Waals surface area contributed by atoms with E-state index in [0.717, 1.165) is 27.7 Å². The fraction of sp³-hybridized carbons (Fsp3) is 0.324. The first-order chi connectivity index (χ1) is 22.5. The van der Waals surface area contributed by atoms with E-state index in [-0.39, 0.29) is 43.1 Å². The van der Waals surface area contributed by atoms with Crippen molar-refractivity contribution in [3.05, 3.63) is 91.0 Å². The predicted octanol–water partition coefficient (Wildman–Crippen LogP) is 2.92. The first kappa shape index (κ1) is 37.9. The second kappa shape index (κ2) is 18.1. The van der Waals surface area contributed by atoms with Crippen LogP contribution in [0.3, 0.4) is 0 Å². The molecule has 252 valence electrons. The molecule has 3 aromatic carbocycles. The minimum atomic E-state index is -3.59. The maximum absolute atomic E-state index is 14.1. The molecule has 0 saturated carbocycles. The van der Waals surface area contributed by atoms with Gasteiger partial charge in [-0.15, -0.1) is 0 Å². The van der Waals surface area contributed by atoms with Crippen molar-refractivity contribution in [2.24, 2.45) is 5.73 Å². The van der Waals surface area contributed by atoms with E-state index >= 15 is 0 Å². The summed E-state index contributed by atoms with van der Waals surface area (Å²) >= 11 is 5.17. The van der Waals surface area contributed by atoms with Crippen molar-refractivity contribution in [3.63, 3.8) is 0 Å². The SMILES string of the molecule is CCOC(=O)CNC(=O)C(CSC(=O)CP(Br)(c1ccccc1)(c1ccccc1)c1ccccc1)NC(=O)CCC(N)C(=O)OCC. The zero-order valence-corrected chi connectivity index (χ0v) is 29.7. The Labute approximate surface area is 287 Å². The van der Waals surface area contributed by atoms with Crippen LogP contribution in [-0.4, -0.2) is 72.6 Å². The first-order valence-electron chi connectivity index (χ1n) is 15.2. The van der Waals surface area contributed by atoms with Gasteiger partial charge in [0.25, 0.3) is 0 Å². The molecule has 0 spiro atoms. The summed E-state index contributed by atoms with van der Waals surface area (Å²) in [7, 11) is 0. The molecule has 13 heteroatoms. The first-order valence-corrected chi connectivity index (χ1v) is 20.7. The van der Waals surface area contributed by atoms with Crippen molar-refractivity contribution in [2.45, 2.75) is 38.8 Å². The molecule has 3 aromatic rings. The molecule has 0 aromatic heterocycles. The molecule has 0 aliphatic carbocycles. The van der Waals surface area contributed by atoms with Crippen molar-refractivity contribution >= 4 is 77.3 Å². The summed E-state index contributed by atoms with van der Waals surface area (Å²) in [4.78, 5) is 63.9. The molecule has 4 N–H and O–H groups in total. The molecule has 10 nitrogen and oxygen atoms in total. The predicted molar refractivity (Wildman–Crippen MR) is 192 cm³/mol. The van der Waals surface area contributed by atoms with Gasteiger partial charge >= 0.3 is 275 Å². The van der Waals surface area contributed by atoms with E-state index in [1.54, 1.807) is 13.8 Å². The fourth-order valence-electron chi connectivity index (χ4n) is 5.00. The van der Waals surface area contributed by atoms with Gasteiger partial charge in [-0.2, -0.15) is 0 Å². The van der Waals surface area contributed by atoms with Crippen molar-refractivity contribution in [1.82, 2.24) is 10.6 Å². The van der Waals surface area contributed by atoms with E-state index in [0.29, 0.717) is 0 Å². The van der Waals surface area contributed by atoms with Crippen LogP contribution in [0.4, 0.5) is 0 Å². The minimum Gasteiger partial charge on any atom is -0.0305 e. The standard InChI is InChI=1S/C34H41BrN3O7PS/c1-3-44-31(40)22-37-33(42)29(38-30(39)21-20-28(36)34(43)45-4-2)24-47-32(41)23-46(35,25-14-8-5-9-15-25,26-16-10-6-11-17-26)27-18-12-7-13-19-27/h5-19,28-29H,3-4,20-24,36H2,1-2H3,(H,37,42)(H,38,39). The van der Waals surface area contributed by atoms with Gasteiger partial charge in [0.05, 0.1) is 6.61 Å². The third-order valence-electron chi connectivity index (χ3n) is 7.36. The van der Waals surface area contributed by atoms with E-state index in [2.05, 4.69) is 26.1 Å². The fourth-order valence-corrected chi connectivity index (χ4v) is 14.3. The number of rotatable bonds is 17. The van der Waals surface area contributed by atoms with Crippen LogP contribution in [0.25, 0.3) is 0 Å². The summed E-state index contributed by atoms with van der Waals surface area (Å²) in [6, 6.07) is 27.3. The molecule has 0 aliphatic rings. The number of hydrogen-bond acceptors (Lipinski definition) is 9. The van der Waals surface area contributed by atoms with Crippen molar-refractivity contribution in [1.29, 1.82) is 0 Å². The Kier molecular flexibility index (Phi) is 14.6. The van der Waals surface area contributed by atoms with Gasteiger partial charge in [0.1, 0.15) is 0 Å². The molecular formula is C34H41BrN3O7PS. The molecule has 0 fully saturated rings. The van der Waals surface area contributed by atoms with Crippen LogP contribution in [0.5, 0.6) is 0 Å². The van der Waals surface area contributed by atoms with Crippen LogP contribution < -0.4 is 32.3 Å². The number of carbonyl (C=O) groups excluding carboxylic acids is 5. The number of nitrogens with two attached hydrogens (primary N) is 1. The van der Waals surface area contributed by atoms with Crippen LogP contribution in [-0.2, 0) is 33.4 Å². The third-order valence-corrected chi connectivity index (χ3v) is 18.0. The van der Waals surface area contributed by atoms with Crippen molar-refractivity contribution in [2.75, 3.05) is 31.7 Å². The summed E-state index contributed by atoms with van der Waals surface area (Å²) in [5, 5.41) is 4.19. The number of thioether (sulfide) groups is 1. The van der Waals surface area contributed by atoms with Gasteiger partial charge in [0.2, 0.25) is 0 Å². The van der Waals surface area contributed by atoms with Crippen LogP contribution in [0, 0.1) is 0 Å². The molecule has 2 unspecified atom stereocenters. The van der Waals surface area contributed by atoms with Crippen molar-refractivity contribution < 1.29 is 33.4 Å². The normalized spacial score (nSPS) is 13.2. The number of amides is 2. The number of benzene rings is 3. The van der Waals surface area contributed by atoms with Gasteiger partial charge in [0.15, 0.2) is 0 Å². The van der Waals surface area contributed by atoms with Crippen LogP contribution >= 0.6 is 32.6 Å². The number of carbonyl (C=O) groups is 5. The quantitative estimate of drug-likeness (QED) is 0.140. The number of nitrogens with one attached hydrogen (secondary N) is 2. The minimum absolute atomic E-state index is 0.00264. The van der Waals surface area contributed by atoms with Gasteiger partial charge in [-0.05, 0) is 6.92 Å². The second-order valence-electron chi connectivity index (χ2n) is 10.6. The molecule has 0 saturated heterocycles. The summed E-state index contributed by atoms with van der Waals surface area (Å²) in [5.74, 6) is -2.59. The molecule has 0 aliphatic heterocycles. The molecule has 0 heterocycles. The third kappa shape index (κ3) is 9.96. The van der Waals surface area contributed by atoms with Gasteiger partial charge in [0, 0.05) is 0 Å². The molecule has 2 amide bonds. The van der Waals surface area contributed by atoms with E-state index in [1.165, 1.54) is 0 Å². The van der Waals surface area contributed by atoms with E-state index in [9.17, 15) is 24.0 Å². The Balaban J connectivity index is 1.88. The molecule has 3 rings (SSSR count). The smallest absolute Gasteiger partial charge is 0.0305 e. The van der Waals surface area contributed by atoms with Gasteiger partial charge in [-0.3, -0.25) is 0 Å². The molecule has 47 heavy (non-hydrogen) atoms. The zero-order chi connectivity index (χ0) is 34.3. The Morgan fingerprint density at radius 2 is 1.30 bits per heavy atom. The Morgan fingerprint density at radius 1 is 0.809 bits per heavy atom.